The Hall–Kier alpha value is -2.97. The van der Waals surface area contributed by atoms with Crippen LogP contribution >= 0.6 is 0 Å². The molecular formula is C23H22N2O5S. The molecule has 1 aliphatic heterocycles. The van der Waals surface area contributed by atoms with E-state index in [1.807, 2.05) is 0 Å². The first-order valence-corrected chi connectivity index (χ1v) is 11.5. The van der Waals surface area contributed by atoms with Gasteiger partial charge in [-0.3, -0.25) is 9.78 Å². The maximum Gasteiger partial charge on any atom is 0.264 e. The van der Waals surface area contributed by atoms with E-state index in [0.29, 0.717) is 35.1 Å². The molecule has 2 aromatic carbocycles. The quantitative estimate of drug-likeness (QED) is 0.635. The first-order valence-electron chi connectivity index (χ1n) is 10.5. The van der Waals surface area contributed by atoms with Crippen molar-refractivity contribution in [3.05, 3.63) is 65.9 Å². The van der Waals surface area contributed by atoms with Gasteiger partial charge in [-0.2, -0.15) is 0 Å². The molecule has 0 radical (unpaired) electrons. The second kappa shape index (κ2) is 7.32. The molecule has 31 heavy (non-hydrogen) atoms. The highest BCUT2D eigenvalue weighted by atomic mass is 32.2. The van der Waals surface area contributed by atoms with Crippen molar-refractivity contribution in [2.75, 3.05) is 20.3 Å². The zero-order valence-corrected chi connectivity index (χ0v) is 17.7. The Bertz CT molecular complexity index is 1330. The van der Waals surface area contributed by atoms with Crippen molar-refractivity contribution >= 4 is 26.8 Å². The number of fused-ring (bicyclic) bond motifs is 1. The number of benzene rings is 2. The molecular weight excluding hydrogens is 416 g/mol. The zero-order valence-electron chi connectivity index (χ0n) is 17.9. The average Bonchev–Trinajstić information content (AvgIpc) is 3.58. The van der Waals surface area contributed by atoms with Crippen LogP contribution in [0.4, 0.5) is 0 Å². The van der Waals surface area contributed by atoms with Gasteiger partial charge in [-0.1, -0.05) is 18.2 Å². The normalized spacial score (nSPS) is 19.2. The summed E-state index contributed by atoms with van der Waals surface area (Å²) in [5.41, 5.74) is 0.838. The number of carbonyl (C=O) groups excluding carboxylic acids is 1. The van der Waals surface area contributed by atoms with Gasteiger partial charge < -0.3 is 9.47 Å². The molecule has 2 fully saturated rings. The molecule has 3 aromatic rings. The van der Waals surface area contributed by atoms with Gasteiger partial charge in [-0.25, -0.2) is 13.1 Å². The average molecular weight is 440 g/mol. The summed E-state index contributed by atoms with van der Waals surface area (Å²) in [5, 5.41) is 0.445. The van der Waals surface area contributed by atoms with Gasteiger partial charge in [0.15, 0.2) is 0 Å². The molecule has 7 nitrogen and oxygen atoms in total. The minimum Gasteiger partial charge on any atom is -0.496 e. The van der Waals surface area contributed by atoms with Gasteiger partial charge in [-0.15, -0.1) is 0 Å². The zero-order chi connectivity index (χ0) is 22.6. The van der Waals surface area contributed by atoms with Crippen molar-refractivity contribution < 1.29 is 24.1 Å². The SMILES string of the molecule is [2H]C1(c2ccc(OC)c(C3(C(=O)NS(=O)(=O)c4cccc5ncccc45)CC3)c2)COC1. The molecule has 0 unspecified atom stereocenters. The molecule has 0 atom stereocenters. The summed E-state index contributed by atoms with van der Waals surface area (Å²) in [7, 11) is -2.62. The maximum absolute atomic E-state index is 13.3. The fourth-order valence-corrected chi connectivity index (χ4v) is 5.27. The van der Waals surface area contributed by atoms with Crippen LogP contribution in [0.2, 0.25) is 0 Å². The van der Waals surface area contributed by atoms with E-state index in [2.05, 4.69) is 9.71 Å². The number of carbonyl (C=O) groups is 1. The molecule has 0 bridgehead atoms. The molecule has 1 aliphatic carbocycles. The Morgan fingerprint density at radius 1 is 1.23 bits per heavy atom. The summed E-state index contributed by atoms with van der Waals surface area (Å²) in [6.45, 7) is 0.558. The van der Waals surface area contributed by atoms with E-state index in [9.17, 15) is 13.2 Å². The van der Waals surface area contributed by atoms with E-state index in [1.165, 1.54) is 13.2 Å². The van der Waals surface area contributed by atoms with Crippen LogP contribution in [0.25, 0.3) is 10.9 Å². The summed E-state index contributed by atoms with van der Waals surface area (Å²) in [5.74, 6) is -0.968. The lowest BCUT2D eigenvalue weighted by atomic mass is 9.88. The highest BCUT2D eigenvalue weighted by molar-refractivity contribution is 7.90. The fraction of sp³-hybridized carbons (Fsp3) is 0.304. The van der Waals surface area contributed by atoms with Crippen LogP contribution in [0.1, 0.15) is 31.2 Å². The standard InChI is InChI=1S/C23H22N2O5S/c1-29-20-8-7-15(16-13-30-14-16)12-18(20)23(9-10-23)22(26)25-31(27,28)21-6-2-5-19-17(21)4-3-11-24-19/h2-8,11-12,16H,9-10,13-14H2,1H3,(H,25,26)/i16D. The van der Waals surface area contributed by atoms with Crippen molar-refractivity contribution in [3.63, 3.8) is 0 Å². The van der Waals surface area contributed by atoms with Crippen LogP contribution < -0.4 is 9.46 Å². The number of pyridine rings is 1. The van der Waals surface area contributed by atoms with E-state index < -0.39 is 27.2 Å². The molecule has 1 aromatic heterocycles. The largest absolute Gasteiger partial charge is 0.496 e. The number of hydrogen-bond acceptors (Lipinski definition) is 6. The number of hydrogen-bond donors (Lipinski definition) is 1. The van der Waals surface area contributed by atoms with Crippen LogP contribution in [0, 0.1) is 0 Å². The van der Waals surface area contributed by atoms with Gasteiger partial charge in [0.05, 0.1) is 36.2 Å². The summed E-state index contributed by atoms with van der Waals surface area (Å²) < 4.78 is 47.8. The molecule has 5 rings (SSSR count). The van der Waals surface area contributed by atoms with E-state index in [1.54, 1.807) is 48.7 Å². The third-order valence-electron chi connectivity index (χ3n) is 5.98. The van der Waals surface area contributed by atoms with Crippen LogP contribution in [0.15, 0.2) is 59.6 Å². The monoisotopic (exact) mass is 439 g/mol. The van der Waals surface area contributed by atoms with Crippen LogP contribution in [-0.4, -0.2) is 39.6 Å². The molecule has 8 heteroatoms. The number of sulfonamides is 1. The lowest BCUT2D eigenvalue weighted by Gasteiger charge is -2.28. The van der Waals surface area contributed by atoms with Gasteiger partial charge in [0.25, 0.3) is 10.0 Å². The molecule has 2 aliphatic rings. The fourth-order valence-electron chi connectivity index (χ4n) is 4.00. The molecule has 0 spiro atoms. The predicted octanol–water partition coefficient (Wildman–Crippen LogP) is 2.89. The number of aromatic nitrogens is 1. The van der Waals surface area contributed by atoms with Gasteiger partial charge in [0, 0.05) is 24.4 Å². The van der Waals surface area contributed by atoms with E-state index in [-0.39, 0.29) is 18.1 Å². The van der Waals surface area contributed by atoms with Crippen molar-refractivity contribution in [1.82, 2.24) is 9.71 Å². The molecule has 1 saturated heterocycles. The second-order valence-electron chi connectivity index (χ2n) is 7.85. The first-order chi connectivity index (χ1) is 15.3. The number of nitrogens with one attached hydrogen (secondary N) is 1. The van der Waals surface area contributed by atoms with Gasteiger partial charge >= 0.3 is 0 Å². The second-order valence-corrected chi connectivity index (χ2v) is 9.51. The number of ether oxygens (including phenoxy) is 2. The number of nitrogens with zero attached hydrogens (tertiary/aromatic N) is 1. The van der Waals surface area contributed by atoms with Crippen LogP contribution in [-0.2, 0) is 25.0 Å². The Kier molecular flexibility index (Phi) is 4.43. The maximum atomic E-state index is 13.3. The lowest BCUT2D eigenvalue weighted by molar-refractivity contribution is -0.121. The van der Waals surface area contributed by atoms with Crippen molar-refractivity contribution in [3.8, 4) is 5.75 Å². The molecule has 160 valence electrons. The summed E-state index contributed by atoms with van der Waals surface area (Å²) >= 11 is 0. The molecule has 1 amide bonds. The minimum atomic E-state index is -4.13. The van der Waals surface area contributed by atoms with Gasteiger partial charge in [-0.05, 0) is 48.7 Å². The Balaban J connectivity index is 1.50. The summed E-state index contributed by atoms with van der Waals surface area (Å²) in [4.78, 5) is 17.5. The number of rotatable bonds is 6. The first kappa shape index (κ1) is 18.8. The topological polar surface area (TPSA) is 94.6 Å². The smallest absolute Gasteiger partial charge is 0.264 e. The third-order valence-corrected chi connectivity index (χ3v) is 7.37. The summed E-state index contributed by atoms with van der Waals surface area (Å²) in [6, 6.07) is 13.4. The van der Waals surface area contributed by atoms with E-state index >= 15 is 0 Å². The van der Waals surface area contributed by atoms with Crippen LogP contribution in [0.3, 0.4) is 0 Å². The highest BCUT2D eigenvalue weighted by Gasteiger charge is 2.54. The van der Waals surface area contributed by atoms with Crippen molar-refractivity contribution in [2.45, 2.75) is 29.0 Å². The lowest BCUT2D eigenvalue weighted by Crippen LogP contribution is -2.39. The molecule has 2 heterocycles. The predicted molar refractivity (Wildman–Crippen MR) is 115 cm³/mol. The number of methoxy groups -OCH3 is 1. The van der Waals surface area contributed by atoms with E-state index in [0.717, 1.165) is 5.56 Å². The molecule has 1 N–H and O–H groups in total. The van der Waals surface area contributed by atoms with Gasteiger partial charge in [0.1, 0.15) is 5.75 Å². The van der Waals surface area contributed by atoms with Gasteiger partial charge in [0.2, 0.25) is 5.91 Å². The Labute approximate surface area is 181 Å². The van der Waals surface area contributed by atoms with E-state index in [4.69, 9.17) is 10.8 Å². The number of amides is 1. The highest BCUT2D eigenvalue weighted by Crippen LogP contribution is 2.52. The van der Waals surface area contributed by atoms with Crippen molar-refractivity contribution in [1.29, 1.82) is 0 Å². The minimum absolute atomic E-state index is 0.00435. The Morgan fingerprint density at radius 2 is 2.03 bits per heavy atom. The van der Waals surface area contributed by atoms with Crippen molar-refractivity contribution in [2.24, 2.45) is 0 Å². The third kappa shape index (κ3) is 3.36. The van der Waals surface area contributed by atoms with Crippen LogP contribution in [0.5, 0.6) is 5.75 Å². The molecule has 1 saturated carbocycles. The summed E-state index contributed by atoms with van der Waals surface area (Å²) in [6.07, 6.45) is 2.57. The Morgan fingerprint density at radius 3 is 2.71 bits per heavy atom.